The molecule has 0 aliphatic heterocycles. The van der Waals surface area contributed by atoms with Crippen molar-refractivity contribution in [2.24, 2.45) is 5.73 Å². The maximum atomic E-state index is 12.0. The molecule has 2 aromatic rings. The Morgan fingerprint density at radius 3 is 2.78 bits per heavy atom. The molecule has 0 amide bonds. The number of hydrogen-bond acceptors (Lipinski definition) is 5. The van der Waals surface area contributed by atoms with Crippen molar-refractivity contribution in [1.82, 2.24) is 15.2 Å². The highest BCUT2D eigenvalue weighted by atomic mass is 79.9. The summed E-state index contributed by atoms with van der Waals surface area (Å²) in [4.78, 5) is 3.93. The quantitative estimate of drug-likeness (QED) is 0.767. The van der Waals surface area contributed by atoms with Gasteiger partial charge in [0.15, 0.2) is 5.03 Å². The highest BCUT2D eigenvalue weighted by molar-refractivity contribution is 9.10. The molecule has 2 aromatic heterocycles. The first kappa shape index (κ1) is 13.0. The summed E-state index contributed by atoms with van der Waals surface area (Å²) in [5.41, 5.74) is 5.85. The molecule has 0 aromatic carbocycles. The van der Waals surface area contributed by atoms with Crippen molar-refractivity contribution in [3.63, 3.8) is 0 Å². The molecule has 9 heteroatoms. The van der Waals surface area contributed by atoms with Crippen LogP contribution in [0.25, 0.3) is 0 Å². The smallest absolute Gasteiger partial charge is 0.280 e. The lowest BCUT2D eigenvalue weighted by Crippen LogP contribution is -2.16. The summed E-state index contributed by atoms with van der Waals surface area (Å²) in [5.74, 6) is 0.218. The first-order chi connectivity index (χ1) is 8.53. The van der Waals surface area contributed by atoms with Gasteiger partial charge in [-0.05, 0) is 28.1 Å². The van der Waals surface area contributed by atoms with Gasteiger partial charge in [-0.3, -0.25) is 9.82 Å². The minimum atomic E-state index is -3.75. The zero-order valence-corrected chi connectivity index (χ0v) is 11.5. The lowest BCUT2D eigenvalue weighted by Gasteiger charge is -2.06. The van der Waals surface area contributed by atoms with Gasteiger partial charge >= 0.3 is 0 Å². The molecule has 0 bridgehead atoms. The van der Waals surface area contributed by atoms with Crippen molar-refractivity contribution < 1.29 is 8.42 Å². The predicted octanol–water partition coefficient (Wildman–Crippen LogP) is 0.827. The van der Waals surface area contributed by atoms with Crippen LogP contribution in [-0.2, 0) is 16.6 Å². The summed E-state index contributed by atoms with van der Waals surface area (Å²) in [7, 11) is -3.75. The molecular weight excluding hydrogens is 322 g/mol. The van der Waals surface area contributed by atoms with Crippen molar-refractivity contribution in [1.29, 1.82) is 0 Å². The molecular formula is C9H10BrN5O2S. The Kier molecular flexibility index (Phi) is 3.64. The molecule has 18 heavy (non-hydrogen) atoms. The summed E-state index contributed by atoms with van der Waals surface area (Å²) < 4.78 is 27.2. The summed E-state index contributed by atoms with van der Waals surface area (Å²) >= 11 is 3.21. The van der Waals surface area contributed by atoms with E-state index in [2.05, 4.69) is 35.8 Å². The van der Waals surface area contributed by atoms with Crippen LogP contribution >= 0.6 is 15.9 Å². The Balaban J connectivity index is 2.30. The number of rotatable bonds is 4. The Labute approximate surface area is 112 Å². The number of hydrogen-bond donors (Lipinski definition) is 3. The van der Waals surface area contributed by atoms with E-state index in [0.717, 1.165) is 4.47 Å². The number of aromatic nitrogens is 3. The fraction of sp³-hybridized carbons (Fsp3) is 0.111. The molecule has 0 spiro atoms. The first-order valence-corrected chi connectivity index (χ1v) is 7.17. The third-order valence-electron chi connectivity index (χ3n) is 2.13. The normalized spacial score (nSPS) is 11.4. The maximum absolute atomic E-state index is 12.0. The number of anilines is 1. The van der Waals surface area contributed by atoms with E-state index in [1.165, 1.54) is 12.4 Å². The second-order valence-corrected chi connectivity index (χ2v) is 5.93. The Hall–Kier alpha value is -1.45. The maximum Gasteiger partial charge on any atom is 0.280 e. The SMILES string of the molecule is NCc1cn[nH]c1S(=O)(=O)Nc1ccc(Br)cn1. The van der Waals surface area contributed by atoms with Gasteiger partial charge in [-0.1, -0.05) is 0 Å². The predicted molar refractivity (Wildman–Crippen MR) is 69.2 cm³/mol. The molecule has 2 heterocycles. The van der Waals surface area contributed by atoms with Crippen LogP contribution in [0.2, 0.25) is 0 Å². The van der Waals surface area contributed by atoms with Gasteiger partial charge in [-0.25, -0.2) is 4.98 Å². The van der Waals surface area contributed by atoms with Crippen LogP contribution in [0.5, 0.6) is 0 Å². The van der Waals surface area contributed by atoms with Crippen LogP contribution < -0.4 is 10.5 Å². The lowest BCUT2D eigenvalue weighted by atomic mass is 10.4. The van der Waals surface area contributed by atoms with Crippen LogP contribution in [0.3, 0.4) is 0 Å². The van der Waals surface area contributed by atoms with Crippen LogP contribution in [-0.4, -0.2) is 23.6 Å². The summed E-state index contributed by atoms with van der Waals surface area (Å²) in [6, 6.07) is 3.22. The third-order valence-corrected chi connectivity index (χ3v) is 3.97. The largest absolute Gasteiger partial charge is 0.326 e. The Morgan fingerprint density at radius 2 is 2.17 bits per heavy atom. The standard InChI is InChI=1S/C9H10BrN5O2S/c10-7-1-2-8(12-5-7)15-18(16,17)9-6(3-11)4-13-14-9/h1-2,4-5H,3,11H2,(H,12,15)(H,13,14). The third kappa shape index (κ3) is 2.68. The van der Waals surface area contributed by atoms with E-state index in [1.807, 2.05) is 0 Å². The molecule has 96 valence electrons. The topological polar surface area (TPSA) is 114 Å². The molecule has 0 saturated carbocycles. The van der Waals surface area contributed by atoms with Crippen molar-refractivity contribution in [3.05, 3.63) is 34.6 Å². The van der Waals surface area contributed by atoms with E-state index in [1.54, 1.807) is 12.1 Å². The van der Waals surface area contributed by atoms with Gasteiger partial charge < -0.3 is 5.73 Å². The van der Waals surface area contributed by atoms with Crippen molar-refractivity contribution in [2.75, 3.05) is 4.72 Å². The molecule has 2 rings (SSSR count). The number of aromatic amines is 1. The summed E-state index contributed by atoms with van der Waals surface area (Å²) in [6.07, 6.45) is 2.87. The fourth-order valence-electron chi connectivity index (χ4n) is 1.30. The molecule has 7 nitrogen and oxygen atoms in total. The minimum absolute atomic E-state index is 0.0466. The monoisotopic (exact) mass is 331 g/mol. The van der Waals surface area contributed by atoms with Crippen molar-refractivity contribution in [2.45, 2.75) is 11.6 Å². The second-order valence-electron chi connectivity index (χ2n) is 3.40. The van der Waals surface area contributed by atoms with Crippen molar-refractivity contribution >= 4 is 31.8 Å². The van der Waals surface area contributed by atoms with Gasteiger partial charge in [0.25, 0.3) is 10.0 Å². The van der Waals surface area contributed by atoms with Gasteiger partial charge in [0.1, 0.15) is 5.82 Å². The van der Waals surface area contributed by atoms with E-state index in [-0.39, 0.29) is 17.4 Å². The number of nitrogens with one attached hydrogen (secondary N) is 2. The van der Waals surface area contributed by atoms with Crippen LogP contribution in [0.4, 0.5) is 5.82 Å². The van der Waals surface area contributed by atoms with Crippen LogP contribution in [0.1, 0.15) is 5.56 Å². The number of nitrogens with two attached hydrogens (primary N) is 1. The van der Waals surface area contributed by atoms with Crippen LogP contribution in [0, 0.1) is 0 Å². The van der Waals surface area contributed by atoms with E-state index in [9.17, 15) is 8.42 Å². The number of nitrogens with zero attached hydrogens (tertiary/aromatic N) is 2. The van der Waals surface area contributed by atoms with E-state index >= 15 is 0 Å². The summed E-state index contributed by atoms with van der Waals surface area (Å²) in [5, 5.41) is 6.03. The van der Waals surface area contributed by atoms with Gasteiger partial charge in [0.2, 0.25) is 0 Å². The molecule has 0 aliphatic rings. The second kappa shape index (κ2) is 5.04. The fourth-order valence-corrected chi connectivity index (χ4v) is 2.69. The van der Waals surface area contributed by atoms with Crippen LogP contribution in [0.15, 0.2) is 34.0 Å². The first-order valence-electron chi connectivity index (χ1n) is 4.89. The van der Waals surface area contributed by atoms with E-state index in [0.29, 0.717) is 5.56 Å². The summed E-state index contributed by atoms with van der Waals surface area (Å²) in [6.45, 7) is 0.0838. The Morgan fingerprint density at radius 1 is 1.39 bits per heavy atom. The zero-order valence-electron chi connectivity index (χ0n) is 9.09. The molecule has 4 N–H and O–H groups in total. The molecule has 0 unspecified atom stereocenters. The Bertz CT molecular complexity index is 637. The lowest BCUT2D eigenvalue weighted by molar-refractivity contribution is 0.595. The van der Waals surface area contributed by atoms with Gasteiger partial charge in [0.05, 0.1) is 6.20 Å². The average molecular weight is 332 g/mol. The number of H-pyrrole nitrogens is 1. The highest BCUT2D eigenvalue weighted by Gasteiger charge is 2.20. The van der Waals surface area contributed by atoms with Gasteiger partial charge in [-0.2, -0.15) is 13.5 Å². The molecule has 0 radical (unpaired) electrons. The van der Waals surface area contributed by atoms with E-state index in [4.69, 9.17) is 5.73 Å². The zero-order chi connectivity index (χ0) is 13.2. The number of pyridine rings is 1. The number of halogens is 1. The van der Waals surface area contributed by atoms with Gasteiger partial charge in [-0.15, -0.1) is 0 Å². The highest BCUT2D eigenvalue weighted by Crippen LogP contribution is 2.17. The molecule has 0 fully saturated rings. The van der Waals surface area contributed by atoms with E-state index < -0.39 is 10.0 Å². The number of sulfonamides is 1. The average Bonchev–Trinajstić information content (AvgIpc) is 2.81. The molecule has 0 atom stereocenters. The molecule has 0 aliphatic carbocycles. The van der Waals surface area contributed by atoms with Gasteiger partial charge in [0, 0.05) is 22.8 Å². The molecule has 0 saturated heterocycles. The minimum Gasteiger partial charge on any atom is -0.326 e. The van der Waals surface area contributed by atoms with Crippen molar-refractivity contribution in [3.8, 4) is 0 Å².